The van der Waals surface area contributed by atoms with Crippen LogP contribution in [0.15, 0.2) is 60.7 Å². The molecule has 0 bridgehead atoms. The molecule has 0 unspecified atom stereocenters. The maximum absolute atomic E-state index is 13.5. The zero-order valence-corrected chi connectivity index (χ0v) is 24.1. The number of amides is 3. The Bertz CT molecular complexity index is 1080. The average molecular weight is 553 g/mol. The minimum Gasteiger partial charge on any atom is -0.480 e. The number of hydrogen-bond donors (Lipinski definition) is 4. The van der Waals surface area contributed by atoms with Crippen LogP contribution in [-0.2, 0) is 32.0 Å². The fraction of sp³-hybridized carbons (Fsp3) is 0.484. The molecule has 0 aliphatic carbocycles. The molecule has 2 aromatic carbocycles. The molecule has 0 radical (unpaired) electrons. The van der Waals surface area contributed by atoms with Crippen LogP contribution in [0.4, 0.5) is 0 Å². The maximum atomic E-state index is 13.5. The van der Waals surface area contributed by atoms with E-state index < -0.39 is 35.9 Å². The fourth-order valence-corrected chi connectivity index (χ4v) is 4.34. The van der Waals surface area contributed by atoms with Gasteiger partial charge in [0.15, 0.2) is 0 Å². The highest BCUT2D eigenvalue weighted by Crippen LogP contribution is 2.11. The highest BCUT2D eigenvalue weighted by atomic mass is 16.4. The summed E-state index contributed by atoms with van der Waals surface area (Å²) in [6.45, 7) is 4.59. The Morgan fingerprint density at radius 3 is 1.88 bits per heavy atom. The van der Waals surface area contributed by atoms with Crippen LogP contribution in [0.25, 0.3) is 0 Å². The van der Waals surface area contributed by atoms with Gasteiger partial charge in [0, 0.05) is 12.8 Å². The Morgan fingerprint density at radius 2 is 1.32 bits per heavy atom. The lowest BCUT2D eigenvalue weighted by molar-refractivity contribution is -0.142. The summed E-state index contributed by atoms with van der Waals surface area (Å²) in [4.78, 5) is 53.3. The molecule has 0 spiro atoms. The van der Waals surface area contributed by atoms with Crippen LogP contribution in [0.3, 0.4) is 0 Å². The minimum atomic E-state index is -1.16. The Morgan fingerprint density at radius 1 is 0.775 bits per heavy atom. The third-order valence-electron chi connectivity index (χ3n) is 6.46. The number of benzene rings is 2. The van der Waals surface area contributed by atoms with Crippen molar-refractivity contribution in [2.75, 3.05) is 20.6 Å². The number of hydrogen-bond acceptors (Lipinski definition) is 5. The lowest BCUT2D eigenvalue weighted by Crippen LogP contribution is -2.56. The summed E-state index contributed by atoms with van der Waals surface area (Å²) >= 11 is 0. The van der Waals surface area contributed by atoms with E-state index in [9.17, 15) is 24.3 Å². The van der Waals surface area contributed by atoms with Gasteiger partial charge in [0.25, 0.3) is 0 Å². The van der Waals surface area contributed by atoms with Crippen molar-refractivity contribution in [2.45, 2.75) is 70.5 Å². The molecular formula is C31H44N4O5. The third-order valence-corrected chi connectivity index (χ3v) is 6.46. The first-order chi connectivity index (χ1) is 19.0. The van der Waals surface area contributed by atoms with Gasteiger partial charge in [0.1, 0.15) is 18.1 Å². The summed E-state index contributed by atoms with van der Waals surface area (Å²) in [5.74, 6) is -2.36. The van der Waals surface area contributed by atoms with Crippen molar-refractivity contribution >= 4 is 23.7 Å². The summed E-state index contributed by atoms with van der Waals surface area (Å²) in [5.41, 5.74) is 1.81. The second kappa shape index (κ2) is 17.1. The van der Waals surface area contributed by atoms with Gasteiger partial charge < -0.3 is 26.0 Å². The molecule has 0 saturated carbocycles. The molecule has 0 aromatic heterocycles. The Balaban J connectivity index is 2.14. The fourth-order valence-electron chi connectivity index (χ4n) is 4.34. The van der Waals surface area contributed by atoms with Gasteiger partial charge in [-0.15, -0.1) is 0 Å². The number of carbonyl (C=O) groups is 4. The monoisotopic (exact) mass is 552 g/mol. The maximum Gasteiger partial charge on any atom is 0.326 e. The van der Waals surface area contributed by atoms with Crippen LogP contribution in [0.5, 0.6) is 0 Å². The first-order valence-corrected chi connectivity index (χ1v) is 13.9. The smallest absolute Gasteiger partial charge is 0.326 e. The third kappa shape index (κ3) is 12.4. The summed E-state index contributed by atoms with van der Waals surface area (Å²) in [7, 11) is 3.87. The van der Waals surface area contributed by atoms with E-state index in [1.54, 1.807) is 12.1 Å². The van der Waals surface area contributed by atoms with Gasteiger partial charge in [-0.05, 0) is 63.4 Å². The molecule has 3 amide bonds. The van der Waals surface area contributed by atoms with Gasteiger partial charge in [-0.2, -0.15) is 0 Å². The molecule has 2 aromatic rings. The number of aryl methyl sites for hydroxylation is 1. The van der Waals surface area contributed by atoms with Gasteiger partial charge in [0.2, 0.25) is 17.7 Å². The van der Waals surface area contributed by atoms with E-state index in [-0.39, 0.29) is 24.7 Å². The number of aliphatic carboxylic acids is 1. The van der Waals surface area contributed by atoms with E-state index in [0.29, 0.717) is 25.7 Å². The predicted molar refractivity (Wildman–Crippen MR) is 156 cm³/mol. The number of nitrogens with zero attached hydrogens (tertiary/aromatic N) is 1. The molecule has 9 nitrogen and oxygen atoms in total. The molecule has 0 aliphatic heterocycles. The van der Waals surface area contributed by atoms with Gasteiger partial charge in [-0.25, -0.2) is 4.79 Å². The van der Waals surface area contributed by atoms with E-state index >= 15 is 0 Å². The summed E-state index contributed by atoms with van der Waals surface area (Å²) < 4.78 is 0. The van der Waals surface area contributed by atoms with E-state index in [1.165, 1.54) is 0 Å². The number of rotatable bonds is 17. The minimum absolute atomic E-state index is 0.0526. The number of nitrogens with one attached hydrogen (secondary N) is 3. The normalized spacial score (nSPS) is 13.3. The van der Waals surface area contributed by atoms with Crippen molar-refractivity contribution < 1.29 is 24.3 Å². The summed E-state index contributed by atoms with van der Waals surface area (Å²) in [5, 5.41) is 18.0. The zero-order valence-electron chi connectivity index (χ0n) is 24.1. The molecular weight excluding hydrogens is 508 g/mol. The van der Waals surface area contributed by atoms with Crippen molar-refractivity contribution in [1.29, 1.82) is 0 Å². The highest BCUT2D eigenvalue weighted by Gasteiger charge is 2.30. The standard InChI is InChI=1S/C31H44N4O5/c1-22(2)20-26(30(38)34-27(31(39)40)21-24-14-9-6-10-15-24)33-29(37)25(18-17-23-12-7-5-8-13-23)32-28(36)16-11-19-35(3)4/h5-10,12-15,22,25-27H,11,16-21H2,1-4H3,(H,32,36)(H,33,37)(H,34,38)(H,39,40)/t25-,26-,27-/m0/s1. The molecule has 0 heterocycles. The quantitative estimate of drug-likeness (QED) is 0.239. The van der Waals surface area contributed by atoms with E-state index in [0.717, 1.165) is 17.7 Å². The first-order valence-electron chi connectivity index (χ1n) is 13.9. The van der Waals surface area contributed by atoms with Crippen LogP contribution in [-0.4, -0.2) is 72.5 Å². The second-order valence-corrected chi connectivity index (χ2v) is 10.8. The van der Waals surface area contributed by atoms with Gasteiger partial charge in [-0.3, -0.25) is 14.4 Å². The second-order valence-electron chi connectivity index (χ2n) is 10.8. The Kier molecular flexibility index (Phi) is 13.9. The van der Waals surface area contributed by atoms with Crippen LogP contribution in [0.1, 0.15) is 50.7 Å². The van der Waals surface area contributed by atoms with Gasteiger partial charge in [-0.1, -0.05) is 74.5 Å². The van der Waals surface area contributed by atoms with Crippen LogP contribution in [0.2, 0.25) is 0 Å². The zero-order chi connectivity index (χ0) is 29.5. The first kappa shape index (κ1) is 32.5. The topological polar surface area (TPSA) is 128 Å². The van der Waals surface area contributed by atoms with Crippen molar-refractivity contribution in [3.8, 4) is 0 Å². The van der Waals surface area contributed by atoms with E-state index in [2.05, 4.69) is 16.0 Å². The van der Waals surface area contributed by atoms with Crippen molar-refractivity contribution in [3.05, 3.63) is 71.8 Å². The number of carbonyl (C=O) groups excluding carboxylic acids is 3. The molecule has 3 atom stereocenters. The lowest BCUT2D eigenvalue weighted by atomic mass is 10.00. The van der Waals surface area contributed by atoms with Crippen LogP contribution < -0.4 is 16.0 Å². The Labute approximate surface area is 237 Å². The molecule has 0 aliphatic rings. The molecule has 40 heavy (non-hydrogen) atoms. The largest absolute Gasteiger partial charge is 0.480 e. The van der Waals surface area contributed by atoms with Crippen molar-refractivity contribution in [2.24, 2.45) is 5.92 Å². The van der Waals surface area contributed by atoms with Crippen molar-refractivity contribution in [3.63, 3.8) is 0 Å². The molecule has 0 fully saturated rings. The van der Waals surface area contributed by atoms with Gasteiger partial charge >= 0.3 is 5.97 Å². The molecule has 218 valence electrons. The SMILES string of the molecule is CC(C)C[C@H](NC(=O)[C@H](CCc1ccccc1)NC(=O)CCCN(C)C)C(=O)N[C@@H](Cc1ccccc1)C(=O)O. The Hall–Kier alpha value is -3.72. The number of carboxylic acids is 1. The van der Waals surface area contributed by atoms with Crippen LogP contribution in [0, 0.1) is 5.92 Å². The van der Waals surface area contributed by atoms with Gasteiger partial charge in [0.05, 0.1) is 0 Å². The number of carboxylic acid groups (broad SMARTS) is 1. The summed E-state index contributed by atoms with van der Waals surface area (Å²) in [6.07, 6.45) is 2.29. The average Bonchev–Trinajstić information content (AvgIpc) is 2.90. The molecule has 4 N–H and O–H groups in total. The summed E-state index contributed by atoms with van der Waals surface area (Å²) in [6, 6.07) is 15.8. The molecule has 9 heteroatoms. The highest BCUT2D eigenvalue weighted by molar-refractivity contribution is 5.93. The van der Waals surface area contributed by atoms with E-state index in [1.807, 2.05) is 81.4 Å². The van der Waals surface area contributed by atoms with Crippen molar-refractivity contribution in [1.82, 2.24) is 20.9 Å². The van der Waals surface area contributed by atoms with E-state index in [4.69, 9.17) is 0 Å². The van der Waals surface area contributed by atoms with Crippen LogP contribution >= 0.6 is 0 Å². The molecule has 2 rings (SSSR count). The lowest BCUT2D eigenvalue weighted by Gasteiger charge is -2.26. The predicted octanol–water partition coefficient (Wildman–Crippen LogP) is 2.79. The molecule has 0 saturated heterocycles.